The van der Waals surface area contributed by atoms with E-state index < -0.39 is 10.0 Å². The lowest BCUT2D eigenvalue weighted by molar-refractivity contribution is 0.589. The fourth-order valence-electron chi connectivity index (χ4n) is 2.89. The van der Waals surface area contributed by atoms with Gasteiger partial charge in [-0.3, -0.25) is 0 Å². The van der Waals surface area contributed by atoms with Crippen LogP contribution in [0.15, 0.2) is 71.9 Å². The minimum Gasteiger partial charge on any atom is -0.240 e. The first-order valence-electron chi connectivity index (χ1n) is 7.89. The second kappa shape index (κ2) is 6.23. The fraction of sp³-hybridized carbons (Fsp3) is 0.0526. The van der Waals surface area contributed by atoms with Gasteiger partial charge in [-0.2, -0.15) is 0 Å². The van der Waals surface area contributed by atoms with Gasteiger partial charge in [0, 0.05) is 23.3 Å². The summed E-state index contributed by atoms with van der Waals surface area (Å²) >= 11 is 6.29. The molecule has 0 radical (unpaired) electrons. The third kappa shape index (κ3) is 2.67. The van der Waals surface area contributed by atoms with E-state index in [0.29, 0.717) is 27.6 Å². The normalized spacial score (nSPS) is 11.8. The molecule has 130 valence electrons. The lowest BCUT2D eigenvalue weighted by Gasteiger charge is -2.07. The van der Waals surface area contributed by atoms with Gasteiger partial charge in [0.2, 0.25) is 0 Å². The van der Waals surface area contributed by atoms with Crippen LogP contribution in [-0.4, -0.2) is 22.4 Å². The Balaban J connectivity index is 2.04. The molecule has 0 aliphatic carbocycles. The van der Waals surface area contributed by atoms with Gasteiger partial charge in [0.1, 0.15) is 5.82 Å². The first-order chi connectivity index (χ1) is 12.5. The van der Waals surface area contributed by atoms with E-state index >= 15 is 0 Å². The van der Waals surface area contributed by atoms with Crippen molar-refractivity contribution in [2.45, 2.75) is 11.8 Å². The lowest BCUT2D eigenvalue weighted by atomic mass is 10.1. The SMILES string of the molecule is Cc1ncc(Cl)c(-c2cn(S(=O)(=O)c3ccccc3)c3ccccc23)n1. The summed E-state index contributed by atoms with van der Waals surface area (Å²) in [4.78, 5) is 8.71. The minimum absolute atomic E-state index is 0.220. The molecule has 0 unspecified atom stereocenters. The Morgan fingerprint density at radius 3 is 2.46 bits per heavy atom. The van der Waals surface area contributed by atoms with Crippen LogP contribution in [-0.2, 0) is 10.0 Å². The maximum Gasteiger partial charge on any atom is 0.268 e. The molecule has 26 heavy (non-hydrogen) atoms. The number of nitrogens with zero attached hydrogens (tertiary/aromatic N) is 3. The highest BCUT2D eigenvalue weighted by Crippen LogP contribution is 2.35. The zero-order chi connectivity index (χ0) is 18.3. The van der Waals surface area contributed by atoms with Crippen LogP contribution in [0.25, 0.3) is 22.2 Å². The Kier molecular flexibility index (Phi) is 4.01. The van der Waals surface area contributed by atoms with Crippen LogP contribution >= 0.6 is 11.6 Å². The maximum atomic E-state index is 13.1. The number of hydrogen-bond donors (Lipinski definition) is 0. The highest BCUT2D eigenvalue weighted by Gasteiger charge is 2.22. The molecule has 2 aromatic heterocycles. The molecule has 2 heterocycles. The Morgan fingerprint density at radius 1 is 1.00 bits per heavy atom. The van der Waals surface area contributed by atoms with E-state index in [1.54, 1.807) is 55.6 Å². The monoisotopic (exact) mass is 383 g/mol. The number of aryl methyl sites for hydroxylation is 1. The Hall–Kier alpha value is -2.70. The van der Waals surface area contributed by atoms with E-state index in [4.69, 9.17) is 11.6 Å². The van der Waals surface area contributed by atoms with Crippen molar-refractivity contribution in [3.05, 3.63) is 77.8 Å². The molecule has 7 heteroatoms. The number of aromatic nitrogens is 3. The van der Waals surface area contributed by atoms with Gasteiger partial charge in [0.25, 0.3) is 10.0 Å². The van der Waals surface area contributed by atoms with Crippen molar-refractivity contribution in [3.8, 4) is 11.3 Å². The molecule has 4 rings (SSSR count). The largest absolute Gasteiger partial charge is 0.268 e. The van der Waals surface area contributed by atoms with E-state index in [9.17, 15) is 8.42 Å². The molecule has 4 aromatic rings. The first kappa shape index (κ1) is 16.8. The zero-order valence-electron chi connectivity index (χ0n) is 13.8. The number of hydrogen-bond acceptors (Lipinski definition) is 4. The van der Waals surface area contributed by atoms with Crippen molar-refractivity contribution < 1.29 is 8.42 Å². The van der Waals surface area contributed by atoms with Crippen molar-refractivity contribution in [2.75, 3.05) is 0 Å². The Bertz CT molecular complexity index is 1220. The molecular formula is C19H14ClN3O2S. The van der Waals surface area contributed by atoms with Gasteiger partial charge in [-0.05, 0) is 25.1 Å². The summed E-state index contributed by atoms with van der Waals surface area (Å²) in [6.45, 7) is 1.76. The third-order valence-electron chi connectivity index (χ3n) is 4.10. The number of halogens is 1. The van der Waals surface area contributed by atoms with Gasteiger partial charge in [0.05, 0.1) is 21.1 Å². The number of para-hydroxylation sites is 1. The van der Waals surface area contributed by atoms with Gasteiger partial charge in [-0.15, -0.1) is 0 Å². The first-order valence-corrected chi connectivity index (χ1v) is 9.70. The summed E-state index contributed by atoms with van der Waals surface area (Å²) in [6.07, 6.45) is 3.09. The van der Waals surface area contributed by atoms with Crippen LogP contribution in [0.1, 0.15) is 5.82 Å². The predicted octanol–water partition coefficient (Wildman–Crippen LogP) is 4.30. The van der Waals surface area contributed by atoms with Gasteiger partial charge in [0.15, 0.2) is 0 Å². The van der Waals surface area contributed by atoms with Crippen LogP contribution in [0, 0.1) is 6.92 Å². The average Bonchev–Trinajstić information content (AvgIpc) is 3.05. The minimum atomic E-state index is -3.75. The maximum absolute atomic E-state index is 13.1. The second-order valence-electron chi connectivity index (χ2n) is 5.79. The van der Waals surface area contributed by atoms with E-state index in [1.165, 1.54) is 10.2 Å². The molecule has 2 aromatic carbocycles. The zero-order valence-corrected chi connectivity index (χ0v) is 15.4. The van der Waals surface area contributed by atoms with Crippen LogP contribution in [0.3, 0.4) is 0 Å². The van der Waals surface area contributed by atoms with E-state index in [0.717, 1.165) is 5.39 Å². The standard InChI is InChI=1S/C19H14ClN3O2S/c1-13-21-11-17(20)19(22-13)16-12-23(18-10-6-5-9-15(16)18)26(24,25)14-7-3-2-4-8-14/h2-12H,1H3. The van der Waals surface area contributed by atoms with Crippen molar-refractivity contribution in [1.82, 2.24) is 13.9 Å². The summed E-state index contributed by atoms with van der Waals surface area (Å²) in [5, 5.41) is 1.13. The van der Waals surface area contributed by atoms with Gasteiger partial charge >= 0.3 is 0 Å². The third-order valence-corrected chi connectivity index (χ3v) is 6.06. The molecular weight excluding hydrogens is 370 g/mol. The molecule has 0 spiro atoms. The van der Waals surface area contributed by atoms with E-state index in [2.05, 4.69) is 9.97 Å². The summed E-state index contributed by atoms with van der Waals surface area (Å²) < 4.78 is 27.6. The van der Waals surface area contributed by atoms with Crippen molar-refractivity contribution in [3.63, 3.8) is 0 Å². The van der Waals surface area contributed by atoms with Crippen molar-refractivity contribution in [1.29, 1.82) is 0 Å². The predicted molar refractivity (Wildman–Crippen MR) is 102 cm³/mol. The molecule has 0 saturated heterocycles. The quantitative estimate of drug-likeness (QED) is 0.529. The molecule has 0 amide bonds. The lowest BCUT2D eigenvalue weighted by Crippen LogP contribution is -2.11. The molecule has 0 aliphatic heterocycles. The molecule has 0 aliphatic rings. The summed E-state index contributed by atoms with van der Waals surface area (Å²) in [6, 6.07) is 15.6. The molecule has 0 saturated carbocycles. The molecule has 0 bridgehead atoms. The average molecular weight is 384 g/mol. The van der Waals surface area contributed by atoms with Crippen LogP contribution in [0.2, 0.25) is 5.02 Å². The summed E-state index contributed by atoms with van der Waals surface area (Å²) in [7, 11) is -3.75. The Morgan fingerprint density at radius 2 is 1.69 bits per heavy atom. The van der Waals surface area contributed by atoms with Crippen LogP contribution < -0.4 is 0 Å². The van der Waals surface area contributed by atoms with E-state index in [-0.39, 0.29) is 4.90 Å². The summed E-state index contributed by atoms with van der Waals surface area (Å²) in [5.74, 6) is 0.562. The number of benzene rings is 2. The van der Waals surface area contributed by atoms with Crippen LogP contribution in [0.4, 0.5) is 0 Å². The molecule has 0 atom stereocenters. The molecule has 0 N–H and O–H groups in total. The Labute approximate surface area is 156 Å². The van der Waals surface area contributed by atoms with Crippen LogP contribution in [0.5, 0.6) is 0 Å². The highest BCUT2D eigenvalue weighted by atomic mass is 35.5. The number of fused-ring (bicyclic) bond motifs is 1. The van der Waals surface area contributed by atoms with Gasteiger partial charge < -0.3 is 0 Å². The summed E-state index contributed by atoms with van der Waals surface area (Å²) in [5.41, 5.74) is 1.73. The van der Waals surface area contributed by atoms with Gasteiger partial charge in [-0.1, -0.05) is 48.0 Å². The second-order valence-corrected chi connectivity index (χ2v) is 8.01. The topological polar surface area (TPSA) is 64.8 Å². The molecule has 0 fully saturated rings. The smallest absolute Gasteiger partial charge is 0.240 e. The number of rotatable bonds is 3. The fourth-order valence-corrected chi connectivity index (χ4v) is 4.47. The van der Waals surface area contributed by atoms with Crippen molar-refractivity contribution in [2.24, 2.45) is 0 Å². The molecule has 5 nitrogen and oxygen atoms in total. The highest BCUT2D eigenvalue weighted by molar-refractivity contribution is 7.90. The van der Waals surface area contributed by atoms with Gasteiger partial charge in [-0.25, -0.2) is 22.4 Å². The van der Waals surface area contributed by atoms with E-state index in [1.807, 2.05) is 12.1 Å². The van der Waals surface area contributed by atoms with Crippen molar-refractivity contribution >= 4 is 32.5 Å².